The number of nitrogens with zero attached hydrogens (tertiary/aromatic N) is 2. The second-order valence-electron chi connectivity index (χ2n) is 4.58. The van der Waals surface area contributed by atoms with Crippen LogP contribution in [0.5, 0.6) is 0 Å². The first-order valence-electron chi connectivity index (χ1n) is 6.51. The van der Waals surface area contributed by atoms with Crippen LogP contribution in [0.25, 0.3) is 11.0 Å². The van der Waals surface area contributed by atoms with Gasteiger partial charge in [0, 0.05) is 28.2 Å². The summed E-state index contributed by atoms with van der Waals surface area (Å²) in [7, 11) is 0. The number of thiophene rings is 1. The summed E-state index contributed by atoms with van der Waals surface area (Å²) in [6, 6.07) is 10.5. The van der Waals surface area contributed by atoms with E-state index in [1.807, 2.05) is 6.07 Å². The van der Waals surface area contributed by atoms with Crippen molar-refractivity contribution in [1.82, 2.24) is 9.55 Å². The van der Waals surface area contributed by atoms with Crippen LogP contribution in [0.3, 0.4) is 0 Å². The van der Waals surface area contributed by atoms with Crippen molar-refractivity contribution in [3.8, 4) is 0 Å². The predicted octanol–water partition coefficient (Wildman–Crippen LogP) is 4.88. The van der Waals surface area contributed by atoms with Crippen LogP contribution in [-0.2, 0) is 19.4 Å². The van der Waals surface area contributed by atoms with Crippen molar-refractivity contribution >= 4 is 49.9 Å². The van der Waals surface area contributed by atoms with Gasteiger partial charge in [0.2, 0.25) is 0 Å². The average molecular weight is 370 g/mol. The molecule has 1 aromatic carbocycles. The molecule has 0 N–H and O–H groups in total. The zero-order valence-corrected chi connectivity index (χ0v) is 14.0. The van der Waals surface area contributed by atoms with Crippen molar-refractivity contribution in [1.29, 1.82) is 0 Å². The summed E-state index contributed by atoms with van der Waals surface area (Å²) < 4.78 is 3.38. The van der Waals surface area contributed by atoms with Crippen LogP contribution >= 0.6 is 38.9 Å². The molecule has 0 spiro atoms. The minimum atomic E-state index is 0.601. The second-order valence-corrected chi connectivity index (χ2v) is 6.91. The Morgan fingerprint density at radius 2 is 2.15 bits per heavy atom. The molecular formula is C15H14BrClN2S. The Kier molecular flexibility index (Phi) is 4.44. The van der Waals surface area contributed by atoms with E-state index < -0.39 is 0 Å². The fourth-order valence-corrected chi connectivity index (χ4v) is 3.56. The first kappa shape index (κ1) is 14.1. The van der Waals surface area contributed by atoms with Crippen LogP contribution in [-0.4, -0.2) is 15.4 Å². The Labute approximate surface area is 135 Å². The van der Waals surface area contributed by atoms with Gasteiger partial charge in [-0.2, -0.15) is 0 Å². The van der Waals surface area contributed by atoms with Gasteiger partial charge in [-0.25, -0.2) is 4.98 Å². The third-order valence-corrected chi connectivity index (χ3v) is 4.89. The third-order valence-electron chi connectivity index (χ3n) is 3.27. The molecule has 20 heavy (non-hydrogen) atoms. The molecule has 3 rings (SSSR count). The van der Waals surface area contributed by atoms with Gasteiger partial charge in [0.25, 0.3) is 0 Å². The SMILES string of the molecule is ClCCc1nc2ccc(Br)cc2n1CCc1cccs1. The number of aromatic nitrogens is 2. The summed E-state index contributed by atoms with van der Waals surface area (Å²) in [5.74, 6) is 1.67. The van der Waals surface area contributed by atoms with Gasteiger partial charge in [-0.1, -0.05) is 22.0 Å². The monoisotopic (exact) mass is 368 g/mol. The molecular weight excluding hydrogens is 356 g/mol. The van der Waals surface area contributed by atoms with E-state index in [1.165, 1.54) is 10.4 Å². The number of rotatable bonds is 5. The predicted molar refractivity (Wildman–Crippen MR) is 89.9 cm³/mol. The number of fused-ring (bicyclic) bond motifs is 1. The Bertz CT molecular complexity index is 706. The fourth-order valence-electron chi connectivity index (χ4n) is 2.35. The zero-order chi connectivity index (χ0) is 13.9. The summed E-state index contributed by atoms with van der Waals surface area (Å²) in [6.07, 6.45) is 1.84. The van der Waals surface area contributed by atoms with Gasteiger partial charge in [-0.15, -0.1) is 22.9 Å². The van der Waals surface area contributed by atoms with Crippen molar-refractivity contribution in [2.45, 2.75) is 19.4 Å². The summed E-state index contributed by atoms with van der Waals surface area (Å²) in [4.78, 5) is 6.11. The molecule has 2 aromatic heterocycles. The number of aryl methyl sites for hydroxylation is 3. The maximum absolute atomic E-state index is 5.91. The second kappa shape index (κ2) is 6.29. The van der Waals surface area contributed by atoms with Gasteiger partial charge in [-0.3, -0.25) is 0 Å². The lowest BCUT2D eigenvalue weighted by molar-refractivity contribution is 0.679. The smallest absolute Gasteiger partial charge is 0.111 e. The van der Waals surface area contributed by atoms with E-state index in [2.05, 4.69) is 50.1 Å². The van der Waals surface area contributed by atoms with Gasteiger partial charge in [-0.05, 0) is 36.1 Å². The Morgan fingerprint density at radius 1 is 1.25 bits per heavy atom. The molecule has 0 fully saturated rings. The maximum Gasteiger partial charge on any atom is 0.111 e. The molecule has 5 heteroatoms. The topological polar surface area (TPSA) is 17.8 Å². The van der Waals surface area contributed by atoms with Crippen molar-refractivity contribution in [2.75, 3.05) is 5.88 Å². The highest BCUT2D eigenvalue weighted by Gasteiger charge is 2.11. The minimum absolute atomic E-state index is 0.601. The Morgan fingerprint density at radius 3 is 2.90 bits per heavy atom. The number of alkyl halides is 1. The van der Waals surface area contributed by atoms with Crippen LogP contribution in [0.4, 0.5) is 0 Å². The van der Waals surface area contributed by atoms with Crippen molar-refractivity contribution < 1.29 is 0 Å². The highest BCUT2D eigenvalue weighted by Crippen LogP contribution is 2.22. The molecule has 0 aliphatic heterocycles. The van der Waals surface area contributed by atoms with E-state index >= 15 is 0 Å². The first-order valence-corrected chi connectivity index (χ1v) is 8.71. The van der Waals surface area contributed by atoms with E-state index in [-0.39, 0.29) is 0 Å². The first-order chi connectivity index (χ1) is 9.78. The van der Waals surface area contributed by atoms with E-state index in [0.29, 0.717) is 5.88 Å². The number of halogens is 2. The lowest BCUT2D eigenvalue weighted by atomic mass is 10.3. The normalized spacial score (nSPS) is 11.3. The molecule has 0 radical (unpaired) electrons. The molecule has 0 unspecified atom stereocenters. The fraction of sp³-hybridized carbons (Fsp3) is 0.267. The summed E-state index contributed by atoms with van der Waals surface area (Å²) in [5, 5.41) is 2.12. The highest BCUT2D eigenvalue weighted by atomic mass is 79.9. The quantitative estimate of drug-likeness (QED) is 0.586. The molecule has 0 aliphatic carbocycles. The van der Waals surface area contributed by atoms with Crippen LogP contribution in [0.15, 0.2) is 40.2 Å². The van der Waals surface area contributed by atoms with E-state index in [1.54, 1.807) is 11.3 Å². The van der Waals surface area contributed by atoms with Crippen molar-refractivity contribution in [3.05, 3.63) is 50.9 Å². The molecule has 0 atom stereocenters. The zero-order valence-electron chi connectivity index (χ0n) is 10.9. The Hall–Kier alpha value is -0.840. The van der Waals surface area contributed by atoms with Gasteiger partial charge in [0.05, 0.1) is 11.0 Å². The van der Waals surface area contributed by atoms with Gasteiger partial charge >= 0.3 is 0 Å². The lowest BCUT2D eigenvalue weighted by Crippen LogP contribution is -2.06. The standard InChI is InChI=1S/C15H14BrClN2S/c16-11-3-4-13-14(10-11)19(15(18-13)5-7-17)8-6-12-2-1-9-20-12/h1-4,9-10H,5-8H2. The van der Waals surface area contributed by atoms with Gasteiger partial charge < -0.3 is 4.57 Å². The molecule has 0 amide bonds. The van der Waals surface area contributed by atoms with Crippen molar-refractivity contribution in [3.63, 3.8) is 0 Å². The molecule has 0 saturated heterocycles. The molecule has 2 heterocycles. The molecule has 0 saturated carbocycles. The van der Waals surface area contributed by atoms with Crippen molar-refractivity contribution in [2.24, 2.45) is 0 Å². The molecule has 2 nitrogen and oxygen atoms in total. The minimum Gasteiger partial charge on any atom is -0.328 e. The number of hydrogen-bond acceptors (Lipinski definition) is 2. The van der Waals surface area contributed by atoms with E-state index in [4.69, 9.17) is 16.6 Å². The average Bonchev–Trinajstić information content (AvgIpc) is 3.04. The van der Waals surface area contributed by atoms with Crippen LogP contribution in [0.2, 0.25) is 0 Å². The summed E-state index contributed by atoms with van der Waals surface area (Å²) in [6.45, 7) is 0.944. The van der Waals surface area contributed by atoms with E-state index in [9.17, 15) is 0 Å². The Balaban J connectivity index is 1.96. The van der Waals surface area contributed by atoms with Crippen LogP contribution in [0.1, 0.15) is 10.7 Å². The number of benzene rings is 1. The van der Waals surface area contributed by atoms with Crippen LogP contribution in [0, 0.1) is 0 Å². The summed E-state index contributed by atoms with van der Waals surface area (Å²) >= 11 is 11.2. The highest BCUT2D eigenvalue weighted by molar-refractivity contribution is 9.10. The molecule has 0 bridgehead atoms. The third kappa shape index (κ3) is 2.92. The van der Waals surface area contributed by atoms with E-state index in [0.717, 1.165) is 35.2 Å². The van der Waals surface area contributed by atoms with Crippen LogP contribution < -0.4 is 0 Å². The maximum atomic E-state index is 5.91. The van der Waals surface area contributed by atoms with Gasteiger partial charge in [0.15, 0.2) is 0 Å². The summed E-state index contributed by atoms with van der Waals surface area (Å²) in [5.41, 5.74) is 2.22. The molecule has 0 aliphatic rings. The molecule has 3 aromatic rings. The largest absolute Gasteiger partial charge is 0.328 e. The van der Waals surface area contributed by atoms with Gasteiger partial charge in [0.1, 0.15) is 5.82 Å². The number of imidazole rings is 1. The molecule has 104 valence electrons. The number of hydrogen-bond donors (Lipinski definition) is 0. The lowest BCUT2D eigenvalue weighted by Gasteiger charge is -2.08.